The van der Waals surface area contributed by atoms with Crippen LogP contribution in [0.1, 0.15) is 47.5 Å². The molecule has 82 valence electrons. The smallest absolute Gasteiger partial charge is 0.0787 e. The Balaban J connectivity index is 1.97. The zero-order valence-electron chi connectivity index (χ0n) is 10.1. The fraction of sp³-hybridized carbons (Fsp3) is 1.00. The zero-order valence-corrected chi connectivity index (χ0v) is 10.1. The van der Waals surface area contributed by atoms with E-state index in [1.165, 1.54) is 6.42 Å². The van der Waals surface area contributed by atoms with Gasteiger partial charge < -0.3 is 10.1 Å². The quantitative estimate of drug-likeness (QED) is 0.733. The normalized spacial score (nSPS) is 43.9. The van der Waals surface area contributed by atoms with Crippen molar-refractivity contribution >= 4 is 0 Å². The number of ether oxygens (including phenoxy) is 1. The molecule has 0 bridgehead atoms. The van der Waals surface area contributed by atoms with Crippen LogP contribution in [0.5, 0.6) is 0 Å². The summed E-state index contributed by atoms with van der Waals surface area (Å²) in [6, 6.07) is 1.27. The molecule has 2 aliphatic rings. The van der Waals surface area contributed by atoms with E-state index >= 15 is 0 Å². The van der Waals surface area contributed by atoms with Crippen LogP contribution in [0.15, 0.2) is 0 Å². The molecule has 2 nitrogen and oxygen atoms in total. The molecule has 3 atom stereocenters. The van der Waals surface area contributed by atoms with Crippen LogP contribution in [-0.4, -0.2) is 23.3 Å². The average molecular weight is 197 g/mol. The maximum Gasteiger partial charge on any atom is 0.0787 e. The first-order chi connectivity index (χ1) is 6.30. The van der Waals surface area contributed by atoms with E-state index < -0.39 is 0 Å². The van der Waals surface area contributed by atoms with Crippen LogP contribution in [0, 0.1) is 5.92 Å². The van der Waals surface area contributed by atoms with Gasteiger partial charge in [0.15, 0.2) is 0 Å². The summed E-state index contributed by atoms with van der Waals surface area (Å²) in [4.78, 5) is 0. The van der Waals surface area contributed by atoms with E-state index in [4.69, 9.17) is 4.74 Å². The third-order valence-corrected chi connectivity index (χ3v) is 3.60. The molecule has 1 N–H and O–H groups in total. The van der Waals surface area contributed by atoms with Crippen molar-refractivity contribution in [3.05, 3.63) is 0 Å². The Kier molecular flexibility index (Phi) is 2.20. The van der Waals surface area contributed by atoms with Crippen LogP contribution in [0.2, 0.25) is 0 Å². The molecular formula is C12H23NO. The van der Waals surface area contributed by atoms with E-state index in [1.807, 2.05) is 0 Å². The topological polar surface area (TPSA) is 21.3 Å². The largest absolute Gasteiger partial charge is 0.368 e. The highest BCUT2D eigenvalue weighted by atomic mass is 16.5. The summed E-state index contributed by atoms with van der Waals surface area (Å²) in [6.45, 7) is 11.1. The van der Waals surface area contributed by atoms with Crippen molar-refractivity contribution in [1.29, 1.82) is 0 Å². The minimum atomic E-state index is -0.00812. The lowest BCUT2D eigenvalue weighted by molar-refractivity contribution is -0.0699. The molecule has 2 rings (SSSR count). The molecule has 0 aromatic carbocycles. The van der Waals surface area contributed by atoms with Gasteiger partial charge in [0.1, 0.15) is 0 Å². The van der Waals surface area contributed by atoms with Gasteiger partial charge in [0.05, 0.1) is 11.2 Å². The van der Waals surface area contributed by atoms with Crippen LogP contribution >= 0.6 is 0 Å². The molecule has 0 radical (unpaired) electrons. The summed E-state index contributed by atoms with van der Waals surface area (Å²) in [5.41, 5.74) is 0.0328. The first-order valence-electron chi connectivity index (χ1n) is 5.76. The van der Waals surface area contributed by atoms with Crippen molar-refractivity contribution in [2.24, 2.45) is 5.92 Å². The third-order valence-electron chi connectivity index (χ3n) is 3.60. The molecule has 1 aliphatic heterocycles. The number of nitrogens with one attached hydrogen (secondary N) is 1. The average Bonchev–Trinajstić information content (AvgIpc) is 2.56. The summed E-state index contributed by atoms with van der Waals surface area (Å²) in [6.07, 6.45) is 2.47. The first kappa shape index (κ1) is 10.4. The first-order valence-corrected chi connectivity index (χ1v) is 5.76. The van der Waals surface area contributed by atoms with E-state index in [0.29, 0.717) is 6.04 Å². The van der Waals surface area contributed by atoms with Crippen molar-refractivity contribution in [3.63, 3.8) is 0 Å². The van der Waals surface area contributed by atoms with Crippen molar-refractivity contribution in [2.75, 3.05) is 0 Å². The Labute approximate surface area is 87.4 Å². The van der Waals surface area contributed by atoms with Crippen LogP contribution in [-0.2, 0) is 4.74 Å². The second-order valence-electron chi connectivity index (χ2n) is 6.21. The molecule has 2 heteroatoms. The predicted octanol–water partition coefficient (Wildman–Crippen LogP) is 2.33. The lowest BCUT2D eigenvalue weighted by Crippen LogP contribution is -2.44. The molecule has 1 heterocycles. The maximum atomic E-state index is 6.05. The van der Waals surface area contributed by atoms with Gasteiger partial charge in [0, 0.05) is 12.1 Å². The summed E-state index contributed by atoms with van der Waals surface area (Å²) in [7, 11) is 0. The fourth-order valence-corrected chi connectivity index (χ4v) is 2.63. The molecular weight excluding hydrogens is 174 g/mol. The van der Waals surface area contributed by atoms with Crippen LogP contribution < -0.4 is 5.32 Å². The second kappa shape index (κ2) is 2.96. The Bertz CT molecular complexity index is 234. The Morgan fingerprint density at radius 3 is 2.14 bits per heavy atom. The number of hydrogen-bond acceptors (Lipinski definition) is 2. The molecule has 2 fully saturated rings. The standard InChI is InChI=1S/C12H23NO/c1-8-6-9(8)13-10-7-11(2,3)14-12(10,4)5/h8-10,13H,6-7H2,1-5H3. The van der Waals surface area contributed by atoms with Gasteiger partial charge in [0.25, 0.3) is 0 Å². The highest BCUT2D eigenvalue weighted by molar-refractivity contribution is 5.03. The van der Waals surface area contributed by atoms with Gasteiger partial charge in [0.2, 0.25) is 0 Å². The highest BCUT2D eigenvalue weighted by Gasteiger charge is 2.48. The minimum absolute atomic E-state index is 0.00812. The van der Waals surface area contributed by atoms with Crippen LogP contribution in [0.4, 0.5) is 0 Å². The number of hydrogen-bond donors (Lipinski definition) is 1. The SMILES string of the molecule is CC1CC1NC1CC(C)(C)OC1(C)C. The summed E-state index contributed by atoms with van der Waals surface area (Å²) < 4.78 is 6.05. The van der Waals surface area contributed by atoms with Gasteiger partial charge in [-0.2, -0.15) is 0 Å². The molecule has 1 aliphatic carbocycles. The van der Waals surface area contributed by atoms with Crippen molar-refractivity contribution in [2.45, 2.75) is 70.7 Å². The third kappa shape index (κ3) is 1.96. The van der Waals surface area contributed by atoms with Gasteiger partial charge in [-0.15, -0.1) is 0 Å². The molecule has 0 amide bonds. The fourth-order valence-electron chi connectivity index (χ4n) is 2.63. The van der Waals surface area contributed by atoms with Gasteiger partial charge in [-0.05, 0) is 46.5 Å². The van der Waals surface area contributed by atoms with E-state index in [0.717, 1.165) is 18.4 Å². The Morgan fingerprint density at radius 2 is 1.79 bits per heavy atom. The summed E-state index contributed by atoms with van der Waals surface area (Å²) in [5, 5.41) is 3.72. The Hall–Kier alpha value is -0.0800. The highest BCUT2D eigenvalue weighted by Crippen LogP contribution is 2.40. The van der Waals surface area contributed by atoms with E-state index in [2.05, 4.69) is 39.9 Å². The van der Waals surface area contributed by atoms with Gasteiger partial charge in [-0.1, -0.05) is 6.92 Å². The van der Waals surface area contributed by atoms with Crippen LogP contribution in [0.25, 0.3) is 0 Å². The van der Waals surface area contributed by atoms with Gasteiger partial charge >= 0.3 is 0 Å². The molecule has 14 heavy (non-hydrogen) atoms. The molecule has 0 spiro atoms. The van der Waals surface area contributed by atoms with Crippen molar-refractivity contribution in [1.82, 2.24) is 5.32 Å². The second-order valence-corrected chi connectivity index (χ2v) is 6.21. The monoisotopic (exact) mass is 197 g/mol. The van der Waals surface area contributed by atoms with Gasteiger partial charge in [-0.3, -0.25) is 0 Å². The van der Waals surface area contributed by atoms with Gasteiger partial charge in [-0.25, -0.2) is 0 Å². The number of rotatable bonds is 2. The van der Waals surface area contributed by atoms with E-state index in [9.17, 15) is 0 Å². The predicted molar refractivity (Wildman–Crippen MR) is 58.4 cm³/mol. The van der Waals surface area contributed by atoms with E-state index in [-0.39, 0.29) is 11.2 Å². The van der Waals surface area contributed by atoms with Crippen molar-refractivity contribution in [3.8, 4) is 0 Å². The van der Waals surface area contributed by atoms with Crippen LogP contribution in [0.3, 0.4) is 0 Å². The Morgan fingerprint density at radius 1 is 1.21 bits per heavy atom. The lowest BCUT2D eigenvalue weighted by Gasteiger charge is -2.28. The minimum Gasteiger partial charge on any atom is -0.368 e. The zero-order chi connectivity index (χ0) is 10.6. The summed E-state index contributed by atoms with van der Waals surface area (Å²) in [5.74, 6) is 0.870. The molecule has 0 aromatic rings. The lowest BCUT2D eigenvalue weighted by atomic mass is 9.94. The summed E-state index contributed by atoms with van der Waals surface area (Å²) >= 11 is 0. The van der Waals surface area contributed by atoms with E-state index in [1.54, 1.807) is 0 Å². The molecule has 1 saturated heterocycles. The molecule has 0 aromatic heterocycles. The van der Waals surface area contributed by atoms with Crippen molar-refractivity contribution < 1.29 is 4.74 Å². The molecule has 3 unspecified atom stereocenters. The maximum absolute atomic E-state index is 6.05. The molecule has 1 saturated carbocycles.